The zero-order chi connectivity index (χ0) is 14.2. The number of primary amides is 1. The van der Waals surface area contributed by atoms with E-state index in [0.717, 1.165) is 0 Å². The first-order valence-corrected chi connectivity index (χ1v) is 5.41. The van der Waals surface area contributed by atoms with Crippen molar-refractivity contribution >= 4 is 22.8 Å². The topological polar surface area (TPSA) is 137 Å². The average Bonchev–Trinajstić information content (AvgIpc) is 2.79. The number of hydrogen-bond donors (Lipinski definition) is 5. The number of nitrogens with one attached hydrogen (secondary N) is 1. The quantitative estimate of drug-likeness (QED) is 0.518. The Hall–Kier alpha value is -2.38. The number of aromatic amines is 1. The van der Waals surface area contributed by atoms with Crippen LogP contribution < -0.4 is 5.73 Å². The maximum absolute atomic E-state index is 11.0. The third-order valence-corrected chi connectivity index (χ3v) is 2.87. The molecular weight excluding hydrogens is 252 g/mol. The molecule has 0 aliphatic rings. The minimum absolute atomic E-state index is 0.0395. The van der Waals surface area contributed by atoms with Crippen LogP contribution in [0.3, 0.4) is 0 Å². The second kappa shape index (κ2) is 4.71. The summed E-state index contributed by atoms with van der Waals surface area (Å²) in [6.45, 7) is 0. The number of carboxylic acid groups (broad SMARTS) is 1. The van der Waals surface area contributed by atoms with Gasteiger partial charge in [0.25, 0.3) is 0 Å². The van der Waals surface area contributed by atoms with Gasteiger partial charge in [-0.1, -0.05) is 6.07 Å². The highest BCUT2D eigenvalue weighted by atomic mass is 16.4. The maximum Gasteiger partial charge on any atom is 0.337 e. The standard InChI is InChI=1S/C12H12N2O5/c13-11(17)10(16)9(15)5-1-2-8-6(3-5)7(4-14-8)12(18)19/h1-4,9-10,14-16H,(H2,13,17)(H,18,19). The van der Waals surface area contributed by atoms with E-state index in [1.807, 2.05) is 0 Å². The van der Waals surface area contributed by atoms with Gasteiger partial charge in [0, 0.05) is 17.1 Å². The van der Waals surface area contributed by atoms with Gasteiger partial charge < -0.3 is 26.0 Å². The van der Waals surface area contributed by atoms with Crippen molar-refractivity contribution < 1.29 is 24.9 Å². The second-order valence-corrected chi connectivity index (χ2v) is 4.10. The lowest BCUT2D eigenvalue weighted by Gasteiger charge is -2.15. The highest BCUT2D eigenvalue weighted by Gasteiger charge is 2.24. The molecule has 2 aromatic rings. The maximum atomic E-state index is 11.0. The zero-order valence-corrected chi connectivity index (χ0v) is 9.70. The Bertz CT molecular complexity index is 649. The van der Waals surface area contributed by atoms with Crippen LogP contribution in [0.15, 0.2) is 24.4 Å². The van der Waals surface area contributed by atoms with Crippen molar-refractivity contribution in [3.63, 3.8) is 0 Å². The average molecular weight is 264 g/mol. The van der Waals surface area contributed by atoms with Crippen LogP contribution in [-0.4, -0.2) is 38.3 Å². The minimum atomic E-state index is -1.75. The Morgan fingerprint density at radius 1 is 1.26 bits per heavy atom. The molecule has 0 spiro atoms. The van der Waals surface area contributed by atoms with Crippen molar-refractivity contribution in [2.75, 3.05) is 0 Å². The number of carboxylic acids is 1. The Kier molecular flexibility index (Phi) is 3.24. The fourth-order valence-electron chi connectivity index (χ4n) is 1.84. The molecule has 1 aromatic heterocycles. The number of rotatable bonds is 4. The number of nitrogens with two attached hydrogens (primary N) is 1. The third-order valence-electron chi connectivity index (χ3n) is 2.87. The van der Waals surface area contributed by atoms with E-state index in [2.05, 4.69) is 4.98 Å². The molecule has 2 atom stereocenters. The lowest BCUT2D eigenvalue weighted by atomic mass is 10.0. The molecule has 1 aromatic carbocycles. The van der Waals surface area contributed by atoms with Gasteiger partial charge in [0.05, 0.1) is 5.56 Å². The van der Waals surface area contributed by atoms with Crippen LogP contribution in [-0.2, 0) is 4.79 Å². The summed E-state index contributed by atoms with van der Waals surface area (Å²) >= 11 is 0. The van der Waals surface area contributed by atoms with E-state index >= 15 is 0 Å². The summed E-state index contributed by atoms with van der Waals surface area (Å²) in [5, 5.41) is 28.5. The van der Waals surface area contributed by atoms with E-state index in [4.69, 9.17) is 10.8 Å². The lowest BCUT2D eigenvalue weighted by molar-refractivity contribution is -0.131. The fourth-order valence-corrected chi connectivity index (χ4v) is 1.84. The van der Waals surface area contributed by atoms with Crippen molar-refractivity contribution in [2.24, 2.45) is 5.73 Å². The highest BCUT2D eigenvalue weighted by molar-refractivity contribution is 6.03. The van der Waals surface area contributed by atoms with Crippen molar-refractivity contribution in [2.45, 2.75) is 12.2 Å². The summed E-state index contributed by atoms with van der Waals surface area (Å²) in [4.78, 5) is 24.6. The van der Waals surface area contributed by atoms with E-state index in [9.17, 15) is 19.8 Å². The van der Waals surface area contributed by atoms with E-state index in [1.165, 1.54) is 18.3 Å². The predicted molar refractivity (Wildman–Crippen MR) is 65.4 cm³/mol. The second-order valence-electron chi connectivity index (χ2n) is 4.10. The molecule has 7 heteroatoms. The largest absolute Gasteiger partial charge is 0.478 e. The predicted octanol–water partition coefficient (Wildman–Crippen LogP) is -0.254. The number of benzene rings is 1. The van der Waals surface area contributed by atoms with Gasteiger partial charge >= 0.3 is 5.97 Å². The van der Waals surface area contributed by atoms with Gasteiger partial charge in [0.1, 0.15) is 6.10 Å². The highest BCUT2D eigenvalue weighted by Crippen LogP contribution is 2.24. The molecular formula is C12H12N2O5. The van der Waals surface area contributed by atoms with Crippen LogP contribution in [0, 0.1) is 0 Å². The number of aromatic nitrogens is 1. The van der Waals surface area contributed by atoms with Gasteiger partial charge in [0.15, 0.2) is 6.10 Å². The molecule has 0 fully saturated rings. The number of carbonyl (C=O) groups excluding carboxylic acids is 1. The first kappa shape index (κ1) is 13.1. The molecule has 0 saturated carbocycles. The van der Waals surface area contributed by atoms with E-state index in [-0.39, 0.29) is 11.1 Å². The molecule has 0 aliphatic heterocycles. The number of aliphatic hydroxyl groups excluding tert-OH is 2. The molecule has 19 heavy (non-hydrogen) atoms. The number of H-pyrrole nitrogens is 1. The van der Waals surface area contributed by atoms with Crippen molar-refractivity contribution in [1.82, 2.24) is 4.98 Å². The summed E-state index contributed by atoms with van der Waals surface area (Å²) in [5.74, 6) is -2.17. The normalized spacial score (nSPS) is 14.2. The molecule has 1 heterocycles. The van der Waals surface area contributed by atoms with E-state index < -0.39 is 24.1 Å². The number of amides is 1. The number of aliphatic hydroxyl groups is 2. The zero-order valence-electron chi connectivity index (χ0n) is 9.70. The molecule has 7 nitrogen and oxygen atoms in total. The third kappa shape index (κ3) is 2.28. The smallest absolute Gasteiger partial charge is 0.337 e. The van der Waals surface area contributed by atoms with Crippen LogP contribution in [0.1, 0.15) is 22.0 Å². The SMILES string of the molecule is NC(=O)C(O)C(O)c1ccc2[nH]cc(C(=O)O)c2c1. The monoisotopic (exact) mass is 264 g/mol. The lowest BCUT2D eigenvalue weighted by Crippen LogP contribution is -2.33. The molecule has 100 valence electrons. The van der Waals surface area contributed by atoms with Gasteiger partial charge in [-0.2, -0.15) is 0 Å². The summed E-state index contributed by atoms with van der Waals surface area (Å²) in [6.07, 6.45) is -1.92. The van der Waals surface area contributed by atoms with Crippen molar-refractivity contribution in [3.05, 3.63) is 35.5 Å². The van der Waals surface area contributed by atoms with Gasteiger partial charge in [-0.25, -0.2) is 4.79 Å². The van der Waals surface area contributed by atoms with E-state index in [1.54, 1.807) is 6.07 Å². The van der Waals surface area contributed by atoms with Crippen LogP contribution in [0.4, 0.5) is 0 Å². The fraction of sp³-hybridized carbons (Fsp3) is 0.167. The van der Waals surface area contributed by atoms with Gasteiger partial charge in [-0.15, -0.1) is 0 Å². The number of carbonyl (C=O) groups is 2. The molecule has 1 amide bonds. The Balaban J connectivity index is 2.48. The first-order chi connectivity index (χ1) is 8.91. The number of hydrogen-bond acceptors (Lipinski definition) is 4. The molecule has 0 saturated heterocycles. The van der Waals surface area contributed by atoms with E-state index in [0.29, 0.717) is 10.9 Å². The number of fused-ring (bicyclic) bond motifs is 1. The molecule has 2 rings (SSSR count). The van der Waals surface area contributed by atoms with Gasteiger partial charge in [0.2, 0.25) is 5.91 Å². The van der Waals surface area contributed by atoms with Crippen LogP contribution in [0.25, 0.3) is 10.9 Å². The molecule has 0 radical (unpaired) electrons. The summed E-state index contributed by atoms with van der Waals surface area (Å²) in [6, 6.07) is 4.42. The van der Waals surface area contributed by atoms with Gasteiger partial charge in [-0.3, -0.25) is 4.79 Å². The Labute approximate surface area is 107 Å². The molecule has 0 bridgehead atoms. The molecule has 0 aliphatic carbocycles. The summed E-state index contributed by atoms with van der Waals surface area (Å²) in [7, 11) is 0. The van der Waals surface area contributed by atoms with Crippen molar-refractivity contribution in [1.29, 1.82) is 0 Å². The molecule has 6 N–H and O–H groups in total. The van der Waals surface area contributed by atoms with Gasteiger partial charge in [-0.05, 0) is 17.7 Å². The Morgan fingerprint density at radius 2 is 1.95 bits per heavy atom. The summed E-state index contributed by atoms with van der Waals surface area (Å²) in [5.41, 5.74) is 5.72. The number of aromatic carboxylic acids is 1. The van der Waals surface area contributed by atoms with Crippen LogP contribution >= 0.6 is 0 Å². The minimum Gasteiger partial charge on any atom is -0.478 e. The Morgan fingerprint density at radius 3 is 2.53 bits per heavy atom. The van der Waals surface area contributed by atoms with Crippen molar-refractivity contribution in [3.8, 4) is 0 Å². The molecule has 2 unspecified atom stereocenters. The first-order valence-electron chi connectivity index (χ1n) is 5.41. The summed E-state index contributed by atoms with van der Waals surface area (Å²) < 4.78 is 0. The van der Waals surface area contributed by atoms with Crippen LogP contribution in [0.5, 0.6) is 0 Å². The van der Waals surface area contributed by atoms with Crippen LogP contribution in [0.2, 0.25) is 0 Å².